The molecule has 2 aromatic rings. The average molecular weight is 291 g/mol. The molecule has 0 saturated carbocycles. The molecule has 0 amide bonds. The van der Waals surface area contributed by atoms with Crippen LogP contribution < -0.4 is 4.74 Å². The lowest BCUT2D eigenvalue weighted by atomic mass is 10.1. The fourth-order valence-electron chi connectivity index (χ4n) is 1.91. The Balaban J connectivity index is 2.06. The van der Waals surface area contributed by atoms with Gasteiger partial charge in [-0.25, -0.2) is 4.98 Å². The van der Waals surface area contributed by atoms with E-state index in [0.717, 1.165) is 22.0 Å². The summed E-state index contributed by atoms with van der Waals surface area (Å²) in [5.41, 5.74) is 1.79. The van der Waals surface area contributed by atoms with E-state index in [0.29, 0.717) is 18.9 Å². The topological polar surface area (TPSA) is 42.4 Å². The van der Waals surface area contributed by atoms with E-state index in [-0.39, 0.29) is 0 Å². The van der Waals surface area contributed by atoms with E-state index in [1.807, 2.05) is 36.6 Å². The summed E-state index contributed by atoms with van der Waals surface area (Å²) in [5.74, 6) is 1.18. The van der Waals surface area contributed by atoms with Gasteiger partial charge in [0.05, 0.1) is 16.8 Å². The summed E-state index contributed by atoms with van der Waals surface area (Å²) in [7, 11) is 0. The van der Waals surface area contributed by atoms with E-state index in [1.54, 1.807) is 11.3 Å². The maximum absolute atomic E-state index is 9.99. The second-order valence-electron chi connectivity index (χ2n) is 5.08. The first-order valence-corrected chi connectivity index (χ1v) is 7.83. The van der Waals surface area contributed by atoms with Crippen molar-refractivity contribution in [3.8, 4) is 5.75 Å². The average Bonchev–Trinajstić information content (AvgIpc) is 2.93. The summed E-state index contributed by atoms with van der Waals surface area (Å²) in [4.78, 5) is 4.55. The maximum Gasteiger partial charge on any atom is 0.131 e. The van der Waals surface area contributed by atoms with Gasteiger partial charge in [-0.05, 0) is 12.5 Å². The van der Waals surface area contributed by atoms with Crippen molar-refractivity contribution in [2.24, 2.45) is 0 Å². The normalized spacial score (nSPS) is 12.7. The molecule has 1 aromatic heterocycles. The first kappa shape index (κ1) is 15.0. The lowest BCUT2D eigenvalue weighted by Crippen LogP contribution is -2.02. The number of aromatic nitrogens is 1. The third-order valence-electron chi connectivity index (χ3n) is 3.10. The number of aliphatic hydroxyl groups is 1. The lowest BCUT2D eigenvalue weighted by molar-refractivity contribution is 0.166. The molecule has 20 heavy (non-hydrogen) atoms. The van der Waals surface area contributed by atoms with Crippen LogP contribution >= 0.6 is 11.3 Å². The van der Waals surface area contributed by atoms with Gasteiger partial charge in [-0.15, -0.1) is 11.3 Å². The predicted octanol–water partition coefficient (Wildman–Crippen LogP) is 4.29. The Kier molecular flexibility index (Phi) is 5.15. The van der Waals surface area contributed by atoms with E-state index >= 15 is 0 Å². The number of benzene rings is 1. The second-order valence-corrected chi connectivity index (χ2v) is 5.97. The molecule has 0 bridgehead atoms. The van der Waals surface area contributed by atoms with Gasteiger partial charge in [-0.2, -0.15) is 0 Å². The molecule has 2 rings (SSSR count). The standard InChI is InChI=1S/C16H21NO2S/c1-4-14(18)13-7-5-6-8-15(13)19-9-12-10-20-16(17-12)11(2)3/h5-8,10-11,14,18H,4,9H2,1-3H3. The van der Waals surface area contributed by atoms with Gasteiger partial charge in [0.25, 0.3) is 0 Å². The first-order valence-electron chi connectivity index (χ1n) is 6.96. The Morgan fingerprint density at radius 3 is 2.70 bits per heavy atom. The van der Waals surface area contributed by atoms with Crippen molar-refractivity contribution in [2.45, 2.75) is 45.8 Å². The molecule has 0 radical (unpaired) electrons. The highest BCUT2D eigenvalue weighted by Crippen LogP contribution is 2.28. The van der Waals surface area contributed by atoms with Gasteiger partial charge in [0.15, 0.2) is 0 Å². The van der Waals surface area contributed by atoms with Gasteiger partial charge in [-0.3, -0.25) is 0 Å². The Labute approximate surface area is 124 Å². The molecule has 4 heteroatoms. The predicted molar refractivity (Wildman–Crippen MR) is 82.2 cm³/mol. The molecular weight excluding hydrogens is 270 g/mol. The van der Waals surface area contributed by atoms with Gasteiger partial charge in [-0.1, -0.05) is 39.0 Å². The zero-order chi connectivity index (χ0) is 14.5. The second kappa shape index (κ2) is 6.86. The smallest absolute Gasteiger partial charge is 0.131 e. The van der Waals surface area contributed by atoms with Crippen LogP contribution in [0.4, 0.5) is 0 Å². The van der Waals surface area contributed by atoms with Crippen LogP contribution in [0.1, 0.15) is 55.5 Å². The van der Waals surface area contributed by atoms with Crippen LogP contribution in [0.15, 0.2) is 29.6 Å². The van der Waals surface area contributed by atoms with E-state index < -0.39 is 6.10 Å². The number of hydrogen-bond acceptors (Lipinski definition) is 4. The highest BCUT2D eigenvalue weighted by atomic mass is 32.1. The quantitative estimate of drug-likeness (QED) is 0.863. The van der Waals surface area contributed by atoms with Crippen molar-refractivity contribution in [1.82, 2.24) is 4.98 Å². The summed E-state index contributed by atoms with van der Waals surface area (Å²) in [6.45, 7) is 6.67. The fraction of sp³-hybridized carbons (Fsp3) is 0.438. The zero-order valence-corrected chi connectivity index (χ0v) is 13.0. The maximum atomic E-state index is 9.99. The van der Waals surface area contributed by atoms with Crippen LogP contribution in [0.25, 0.3) is 0 Å². The van der Waals surface area contributed by atoms with Crippen molar-refractivity contribution in [3.05, 3.63) is 45.9 Å². The van der Waals surface area contributed by atoms with Crippen LogP contribution in [0.2, 0.25) is 0 Å². The van der Waals surface area contributed by atoms with E-state index in [1.165, 1.54) is 0 Å². The highest BCUT2D eigenvalue weighted by Gasteiger charge is 2.12. The molecule has 0 saturated heterocycles. The number of nitrogens with zero attached hydrogens (tertiary/aromatic N) is 1. The summed E-state index contributed by atoms with van der Waals surface area (Å²) in [5, 5.41) is 13.2. The van der Waals surface area contributed by atoms with Crippen LogP contribution in [0, 0.1) is 0 Å². The van der Waals surface area contributed by atoms with Crippen molar-refractivity contribution in [2.75, 3.05) is 0 Å². The SMILES string of the molecule is CCC(O)c1ccccc1OCc1csc(C(C)C)n1. The van der Waals surface area contributed by atoms with Crippen LogP contribution in [-0.2, 0) is 6.61 Å². The summed E-state index contributed by atoms with van der Waals surface area (Å²) in [6.07, 6.45) is 0.196. The molecule has 1 atom stereocenters. The van der Waals surface area contributed by atoms with Crippen LogP contribution in [-0.4, -0.2) is 10.1 Å². The molecule has 0 aliphatic rings. The van der Waals surface area contributed by atoms with E-state index in [2.05, 4.69) is 18.8 Å². The molecule has 0 fully saturated rings. The molecular formula is C16H21NO2S. The minimum Gasteiger partial charge on any atom is -0.487 e. The molecule has 108 valence electrons. The fourth-order valence-corrected chi connectivity index (χ4v) is 2.73. The number of para-hydroxylation sites is 1. The minimum atomic E-state index is -0.479. The van der Waals surface area contributed by atoms with E-state index in [9.17, 15) is 5.11 Å². The summed E-state index contributed by atoms with van der Waals surface area (Å²) >= 11 is 1.67. The van der Waals surface area contributed by atoms with Crippen molar-refractivity contribution < 1.29 is 9.84 Å². The number of aliphatic hydroxyl groups excluding tert-OH is 1. The van der Waals surface area contributed by atoms with Crippen LogP contribution in [0.3, 0.4) is 0 Å². The summed E-state index contributed by atoms with van der Waals surface area (Å²) < 4.78 is 5.82. The number of hydrogen-bond donors (Lipinski definition) is 1. The number of rotatable bonds is 6. The minimum absolute atomic E-state index is 0.441. The monoisotopic (exact) mass is 291 g/mol. The van der Waals surface area contributed by atoms with Gasteiger partial charge < -0.3 is 9.84 Å². The van der Waals surface area contributed by atoms with Gasteiger partial charge in [0, 0.05) is 16.9 Å². The van der Waals surface area contributed by atoms with Gasteiger partial charge >= 0.3 is 0 Å². The molecule has 0 aliphatic heterocycles. The Hall–Kier alpha value is -1.39. The molecule has 3 nitrogen and oxygen atoms in total. The Bertz CT molecular complexity index is 551. The molecule has 0 aliphatic carbocycles. The molecule has 0 spiro atoms. The third kappa shape index (κ3) is 3.58. The highest BCUT2D eigenvalue weighted by molar-refractivity contribution is 7.09. The molecule has 1 N–H and O–H groups in total. The van der Waals surface area contributed by atoms with Crippen LogP contribution in [0.5, 0.6) is 5.75 Å². The van der Waals surface area contributed by atoms with E-state index in [4.69, 9.17) is 4.74 Å². The molecule has 1 aromatic carbocycles. The Morgan fingerprint density at radius 1 is 1.30 bits per heavy atom. The van der Waals surface area contributed by atoms with Crippen molar-refractivity contribution >= 4 is 11.3 Å². The van der Waals surface area contributed by atoms with Gasteiger partial charge in [0.2, 0.25) is 0 Å². The van der Waals surface area contributed by atoms with Crippen molar-refractivity contribution in [3.63, 3.8) is 0 Å². The van der Waals surface area contributed by atoms with Crippen molar-refractivity contribution in [1.29, 1.82) is 0 Å². The largest absolute Gasteiger partial charge is 0.487 e. The summed E-state index contributed by atoms with van der Waals surface area (Å²) in [6, 6.07) is 7.64. The number of thiazole rings is 1. The first-order chi connectivity index (χ1) is 9.61. The zero-order valence-electron chi connectivity index (χ0n) is 12.2. The molecule has 1 heterocycles. The van der Waals surface area contributed by atoms with Gasteiger partial charge in [0.1, 0.15) is 12.4 Å². The third-order valence-corrected chi connectivity index (χ3v) is 4.30. The Morgan fingerprint density at radius 2 is 2.05 bits per heavy atom. The number of ether oxygens (including phenoxy) is 1. The molecule has 1 unspecified atom stereocenters. The lowest BCUT2D eigenvalue weighted by Gasteiger charge is -2.14.